The minimum absolute atomic E-state index is 0.743. The Bertz CT molecular complexity index is 197. The molecule has 2 aliphatic rings. The third kappa shape index (κ3) is 3.45. The van der Waals surface area contributed by atoms with Crippen molar-refractivity contribution in [2.24, 2.45) is 11.8 Å². The van der Waals surface area contributed by atoms with Gasteiger partial charge in [-0.3, -0.25) is 0 Å². The molecule has 0 radical (unpaired) electrons. The van der Waals surface area contributed by atoms with E-state index in [1.165, 1.54) is 58.0 Å². The van der Waals surface area contributed by atoms with Gasteiger partial charge >= 0.3 is 0 Å². The van der Waals surface area contributed by atoms with E-state index in [4.69, 9.17) is 0 Å². The van der Waals surface area contributed by atoms with Gasteiger partial charge in [-0.05, 0) is 50.6 Å². The zero-order chi connectivity index (χ0) is 12.1. The van der Waals surface area contributed by atoms with Crippen LogP contribution >= 0.6 is 0 Å². The highest BCUT2D eigenvalue weighted by Crippen LogP contribution is 2.42. The van der Waals surface area contributed by atoms with Crippen LogP contribution in [0.4, 0.5) is 0 Å². The quantitative estimate of drug-likeness (QED) is 0.712. The normalized spacial score (nSPS) is 33.9. The average Bonchev–Trinajstić information content (AvgIpc) is 2.64. The van der Waals surface area contributed by atoms with Crippen molar-refractivity contribution in [2.45, 2.75) is 70.9 Å². The zero-order valence-electron chi connectivity index (χ0n) is 11.7. The molecule has 0 amide bonds. The fraction of sp³-hybridized carbons (Fsp3) is 1.00. The van der Waals surface area contributed by atoms with Crippen molar-refractivity contribution < 1.29 is 0 Å². The lowest BCUT2D eigenvalue weighted by molar-refractivity contribution is 0.205. The van der Waals surface area contributed by atoms with E-state index in [-0.39, 0.29) is 0 Å². The fourth-order valence-electron chi connectivity index (χ4n) is 3.48. The summed E-state index contributed by atoms with van der Waals surface area (Å²) in [6.07, 6.45) is 9.85. The lowest BCUT2D eigenvalue weighted by Gasteiger charge is -2.31. The first kappa shape index (κ1) is 13.4. The van der Waals surface area contributed by atoms with Gasteiger partial charge in [0.2, 0.25) is 0 Å². The number of hydrogen-bond acceptors (Lipinski definition) is 2. The van der Waals surface area contributed by atoms with Crippen LogP contribution in [0.2, 0.25) is 0 Å². The van der Waals surface area contributed by atoms with Crippen LogP contribution < -0.4 is 10.6 Å². The van der Waals surface area contributed by atoms with E-state index in [0.29, 0.717) is 0 Å². The maximum Gasteiger partial charge on any atom is 0.0224 e. The first-order valence-electron chi connectivity index (χ1n) is 7.81. The summed E-state index contributed by atoms with van der Waals surface area (Å²) in [4.78, 5) is 0. The van der Waals surface area contributed by atoms with Crippen LogP contribution in [0.3, 0.4) is 0 Å². The van der Waals surface area contributed by atoms with Crippen molar-refractivity contribution in [3.8, 4) is 0 Å². The lowest BCUT2D eigenvalue weighted by atomic mass is 9.75. The lowest BCUT2D eigenvalue weighted by Crippen LogP contribution is -2.44. The molecule has 2 aliphatic carbocycles. The second-order valence-corrected chi connectivity index (χ2v) is 6.04. The molecule has 0 aromatic heterocycles. The molecule has 0 heterocycles. The summed E-state index contributed by atoms with van der Waals surface area (Å²) in [5.74, 6) is 2.07. The van der Waals surface area contributed by atoms with Gasteiger partial charge in [0.05, 0.1) is 0 Å². The van der Waals surface area contributed by atoms with Gasteiger partial charge in [0.15, 0.2) is 0 Å². The SMILES string of the molecule is CCCNC1CC(C2CCC2)CC1NCCC. The van der Waals surface area contributed by atoms with Crippen LogP contribution in [0.25, 0.3) is 0 Å². The summed E-state index contributed by atoms with van der Waals surface area (Å²) in [6, 6.07) is 1.49. The molecule has 100 valence electrons. The monoisotopic (exact) mass is 238 g/mol. The second kappa shape index (κ2) is 6.75. The van der Waals surface area contributed by atoms with E-state index in [1.54, 1.807) is 0 Å². The molecular formula is C15H30N2. The van der Waals surface area contributed by atoms with Crippen LogP contribution in [0.1, 0.15) is 58.8 Å². The highest BCUT2D eigenvalue weighted by atomic mass is 15.0. The Balaban J connectivity index is 1.81. The standard InChI is InChI=1S/C15H30N2/c1-3-8-16-14-10-13(12-6-5-7-12)11-15(14)17-9-4-2/h12-17H,3-11H2,1-2H3. The molecule has 0 spiro atoms. The van der Waals surface area contributed by atoms with Crippen molar-refractivity contribution in [2.75, 3.05) is 13.1 Å². The van der Waals surface area contributed by atoms with Crippen LogP contribution in [0.5, 0.6) is 0 Å². The summed E-state index contributed by atoms with van der Waals surface area (Å²) < 4.78 is 0. The molecule has 2 fully saturated rings. The summed E-state index contributed by atoms with van der Waals surface area (Å²) in [6.45, 7) is 6.90. The van der Waals surface area contributed by atoms with Crippen molar-refractivity contribution in [3.05, 3.63) is 0 Å². The molecule has 2 saturated carbocycles. The van der Waals surface area contributed by atoms with Crippen molar-refractivity contribution in [1.82, 2.24) is 10.6 Å². The Labute approximate surface area is 107 Å². The minimum atomic E-state index is 0.743. The van der Waals surface area contributed by atoms with Crippen LogP contribution in [-0.2, 0) is 0 Å². The van der Waals surface area contributed by atoms with E-state index in [2.05, 4.69) is 24.5 Å². The van der Waals surface area contributed by atoms with Gasteiger partial charge in [0.25, 0.3) is 0 Å². The average molecular weight is 238 g/mol. The van der Waals surface area contributed by atoms with E-state index in [9.17, 15) is 0 Å². The third-order valence-corrected chi connectivity index (χ3v) is 4.73. The van der Waals surface area contributed by atoms with E-state index in [1.807, 2.05) is 0 Å². The minimum Gasteiger partial charge on any atom is -0.312 e. The highest BCUT2D eigenvalue weighted by molar-refractivity contribution is 4.96. The number of rotatable bonds is 7. The van der Waals surface area contributed by atoms with Gasteiger partial charge in [-0.25, -0.2) is 0 Å². The predicted molar refractivity (Wildman–Crippen MR) is 74.2 cm³/mol. The van der Waals surface area contributed by atoms with Crippen LogP contribution in [-0.4, -0.2) is 25.2 Å². The second-order valence-electron chi connectivity index (χ2n) is 6.04. The Morgan fingerprint density at radius 2 is 1.35 bits per heavy atom. The maximum atomic E-state index is 3.76. The molecule has 2 nitrogen and oxygen atoms in total. The van der Waals surface area contributed by atoms with Gasteiger partial charge in [-0.15, -0.1) is 0 Å². The van der Waals surface area contributed by atoms with E-state index >= 15 is 0 Å². The molecular weight excluding hydrogens is 208 g/mol. The molecule has 2 rings (SSSR count). The largest absolute Gasteiger partial charge is 0.312 e. The van der Waals surface area contributed by atoms with E-state index < -0.39 is 0 Å². The third-order valence-electron chi connectivity index (χ3n) is 4.73. The van der Waals surface area contributed by atoms with Crippen molar-refractivity contribution in [3.63, 3.8) is 0 Å². The van der Waals surface area contributed by atoms with Crippen LogP contribution in [0.15, 0.2) is 0 Å². The molecule has 17 heavy (non-hydrogen) atoms. The van der Waals surface area contributed by atoms with Gasteiger partial charge in [0.1, 0.15) is 0 Å². The summed E-state index contributed by atoms with van der Waals surface area (Å²) in [5.41, 5.74) is 0. The molecule has 0 bridgehead atoms. The zero-order valence-corrected chi connectivity index (χ0v) is 11.7. The van der Waals surface area contributed by atoms with Gasteiger partial charge in [-0.2, -0.15) is 0 Å². The topological polar surface area (TPSA) is 24.1 Å². The van der Waals surface area contributed by atoms with Gasteiger partial charge in [0, 0.05) is 12.1 Å². The molecule has 2 unspecified atom stereocenters. The number of nitrogens with one attached hydrogen (secondary N) is 2. The summed E-state index contributed by atoms with van der Waals surface area (Å²) in [7, 11) is 0. The predicted octanol–water partition coefficient (Wildman–Crippen LogP) is 2.93. The smallest absolute Gasteiger partial charge is 0.0224 e. The maximum absolute atomic E-state index is 3.76. The first-order valence-corrected chi connectivity index (χ1v) is 7.81. The Hall–Kier alpha value is -0.0800. The summed E-state index contributed by atoms with van der Waals surface area (Å²) in [5, 5.41) is 7.52. The molecule has 2 heteroatoms. The highest BCUT2D eigenvalue weighted by Gasteiger charge is 2.38. The van der Waals surface area contributed by atoms with Gasteiger partial charge in [-0.1, -0.05) is 33.1 Å². The Morgan fingerprint density at radius 3 is 1.71 bits per heavy atom. The molecule has 2 atom stereocenters. The fourth-order valence-corrected chi connectivity index (χ4v) is 3.48. The molecule has 0 saturated heterocycles. The van der Waals surface area contributed by atoms with Crippen LogP contribution in [0, 0.1) is 11.8 Å². The number of hydrogen-bond donors (Lipinski definition) is 2. The van der Waals surface area contributed by atoms with Gasteiger partial charge < -0.3 is 10.6 Å². The Kier molecular flexibility index (Phi) is 5.30. The molecule has 0 aromatic rings. The molecule has 2 N–H and O–H groups in total. The summed E-state index contributed by atoms with van der Waals surface area (Å²) >= 11 is 0. The van der Waals surface area contributed by atoms with E-state index in [0.717, 1.165) is 23.9 Å². The molecule has 0 aliphatic heterocycles. The van der Waals surface area contributed by atoms with Crippen molar-refractivity contribution >= 4 is 0 Å². The first-order chi connectivity index (χ1) is 8.35. The van der Waals surface area contributed by atoms with Crippen molar-refractivity contribution in [1.29, 1.82) is 0 Å². The molecule has 0 aromatic carbocycles. The Morgan fingerprint density at radius 1 is 0.824 bits per heavy atom.